The molecule has 146 valence electrons. The van der Waals surface area contributed by atoms with Gasteiger partial charge in [-0.2, -0.15) is 0 Å². The average Bonchev–Trinajstić information content (AvgIpc) is 3.11. The number of carbonyl (C=O) groups is 1. The molecule has 3 rings (SSSR count). The lowest BCUT2D eigenvalue weighted by Crippen LogP contribution is -2.42. The first-order valence-corrected chi connectivity index (χ1v) is 10.5. The maximum Gasteiger partial charge on any atom is 0.231 e. The summed E-state index contributed by atoms with van der Waals surface area (Å²) in [6.07, 6.45) is 2.24. The van der Waals surface area contributed by atoms with Crippen LogP contribution in [0.1, 0.15) is 12.8 Å². The molecule has 9 heteroatoms. The molecule has 1 aromatic carbocycles. The first kappa shape index (κ1) is 19.3. The Bertz CT molecular complexity index is 850. The van der Waals surface area contributed by atoms with Crippen molar-refractivity contribution in [3.8, 4) is 29.1 Å². The van der Waals surface area contributed by atoms with Gasteiger partial charge in [0, 0.05) is 25.1 Å². The molecule has 0 unspecified atom stereocenters. The summed E-state index contributed by atoms with van der Waals surface area (Å²) in [7, 11) is -3.18. The monoisotopic (exact) mass is 394 g/mol. The molecule has 27 heavy (non-hydrogen) atoms. The molecule has 1 N–H and O–H groups in total. The maximum absolute atomic E-state index is 12.1. The number of hydrogen-bond acceptors (Lipinski definition) is 6. The molecular weight excluding hydrogens is 372 g/mol. The van der Waals surface area contributed by atoms with Gasteiger partial charge >= 0.3 is 0 Å². The molecule has 2 aliphatic rings. The number of hydrogen-bond donors (Lipinski definition) is 1. The Morgan fingerprint density at radius 1 is 1.26 bits per heavy atom. The van der Waals surface area contributed by atoms with Gasteiger partial charge in [-0.3, -0.25) is 4.79 Å². The first-order chi connectivity index (χ1) is 12.9. The van der Waals surface area contributed by atoms with Crippen LogP contribution in [0.3, 0.4) is 0 Å². The number of piperidine rings is 1. The van der Waals surface area contributed by atoms with Gasteiger partial charge in [0.2, 0.25) is 22.7 Å². The van der Waals surface area contributed by atoms with Crippen molar-refractivity contribution in [1.82, 2.24) is 9.62 Å². The highest BCUT2D eigenvalue weighted by Crippen LogP contribution is 2.34. The number of nitrogens with zero attached hydrogens (tertiary/aromatic N) is 1. The second-order valence-electron chi connectivity index (χ2n) is 6.31. The zero-order valence-corrected chi connectivity index (χ0v) is 15.9. The smallest absolute Gasteiger partial charge is 0.231 e. The summed E-state index contributed by atoms with van der Waals surface area (Å²) in [6.45, 7) is 1.40. The van der Waals surface area contributed by atoms with E-state index in [1.165, 1.54) is 10.6 Å². The molecule has 1 aromatic rings. The van der Waals surface area contributed by atoms with Gasteiger partial charge in [0.05, 0.1) is 12.8 Å². The maximum atomic E-state index is 12.1. The molecule has 1 amide bonds. The zero-order chi connectivity index (χ0) is 19.3. The van der Waals surface area contributed by atoms with Crippen molar-refractivity contribution in [1.29, 1.82) is 0 Å². The molecule has 0 radical (unpaired) electrons. The summed E-state index contributed by atoms with van der Waals surface area (Å²) in [5.74, 6) is 7.40. The van der Waals surface area contributed by atoms with Gasteiger partial charge in [-0.05, 0) is 25.0 Å². The van der Waals surface area contributed by atoms with Crippen molar-refractivity contribution in [2.75, 3.05) is 39.3 Å². The van der Waals surface area contributed by atoms with E-state index < -0.39 is 10.0 Å². The third kappa shape index (κ3) is 5.28. The largest absolute Gasteiger partial charge is 0.481 e. The number of carbonyl (C=O) groups excluding carboxylic acids is 1. The van der Waals surface area contributed by atoms with Crippen molar-refractivity contribution in [2.24, 2.45) is 5.92 Å². The Hall–Kier alpha value is -2.44. The number of ether oxygens (including phenoxy) is 3. The summed E-state index contributed by atoms with van der Waals surface area (Å²) in [5, 5.41) is 2.77. The molecule has 0 aliphatic carbocycles. The highest BCUT2D eigenvalue weighted by molar-refractivity contribution is 7.88. The molecule has 2 heterocycles. The minimum absolute atomic E-state index is 0.0888. The number of sulfonamides is 1. The van der Waals surface area contributed by atoms with Crippen LogP contribution in [0.25, 0.3) is 0 Å². The predicted molar refractivity (Wildman–Crippen MR) is 98.0 cm³/mol. The van der Waals surface area contributed by atoms with E-state index in [4.69, 9.17) is 14.2 Å². The van der Waals surface area contributed by atoms with Gasteiger partial charge in [-0.25, -0.2) is 12.7 Å². The lowest BCUT2D eigenvalue weighted by Gasteiger charge is -2.29. The van der Waals surface area contributed by atoms with Crippen LogP contribution in [-0.2, 0) is 14.8 Å². The van der Waals surface area contributed by atoms with Crippen LogP contribution in [0.5, 0.6) is 17.2 Å². The third-order valence-corrected chi connectivity index (χ3v) is 5.73. The Morgan fingerprint density at radius 3 is 2.74 bits per heavy atom. The fourth-order valence-corrected chi connectivity index (χ4v) is 3.80. The highest BCUT2D eigenvalue weighted by Gasteiger charge is 2.28. The van der Waals surface area contributed by atoms with E-state index >= 15 is 0 Å². The van der Waals surface area contributed by atoms with Crippen LogP contribution in [0.4, 0.5) is 0 Å². The lowest BCUT2D eigenvalue weighted by molar-refractivity contribution is -0.125. The fraction of sp³-hybridized carbons (Fsp3) is 0.500. The second kappa shape index (κ2) is 8.50. The standard InChI is InChI=1S/C18H22N2O6S/c1-27(22,23)20-9-6-14(7-10-20)18(21)19-8-2-3-11-24-15-4-5-16-17(12-15)26-13-25-16/h4-5,12,14H,6-11,13H2,1H3,(H,19,21). The van der Waals surface area contributed by atoms with Crippen molar-refractivity contribution in [3.63, 3.8) is 0 Å². The van der Waals surface area contributed by atoms with Gasteiger partial charge in [0.1, 0.15) is 12.4 Å². The van der Waals surface area contributed by atoms with E-state index in [9.17, 15) is 13.2 Å². The van der Waals surface area contributed by atoms with Gasteiger partial charge in [-0.1, -0.05) is 11.8 Å². The van der Waals surface area contributed by atoms with Crippen LogP contribution >= 0.6 is 0 Å². The molecule has 0 atom stereocenters. The fourth-order valence-electron chi connectivity index (χ4n) is 2.92. The van der Waals surface area contributed by atoms with E-state index in [1.807, 2.05) is 0 Å². The van der Waals surface area contributed by atoms with Gasteiger partial charge in [0.15, 0.2) is 11.5 Å². The predicted octanol–water partition coefficient (Wildman–Crippen LogP) is 0.585. The zero-order valence-electron chi connectivity index (χ0n) is 15.1. The molecule has 2 aliphatic heterocycles. The summed E-state index contributed by atoms with van der Waals surface area (Å²) < 4.78 is 40.4. The molecule has 0 aromatic heterocycles. The minimum atomic E-state index is -3.18. The molecule has 0 saturated carbocycles. The van der Waals surface area contributed by atoms with Crippen molar-refractivity contribution in [3.05, 3.63) is 18.2 Å². The Balaban J connectivity index is 1.35. The SMILES string of the molecule is CS(=O)(=O)N1CCC(C(=O)NCC#CCOc2ccc3c(c2)OCO3)CC1. The van der Waals surface area contributed by atoms with Gasteiger partial charge in [-0.15, -0.1) is 0 Å². The van der Waals surface area contributed by atoms with E-state index in [0.29, 0.717) is 43.2 Å². The molecule has 1 saturated heterocycles. The number of nitrogens with one attached hydrogen (secondary N) is 1. The Morgan fingerprint density at radius 2 is 2.00 bits per heavy atom. The number of amides is 1. The second-order valence-corrected chi connectivity index (χ2v) is 8.29. The number of benzene rings is 1. The summed E-state index contributed by atoms with van der Waals surface area (Å²) >= 11 is 0. The van der Waals surface area contributed by atoms with E-state index in [0.717, 1.165) is 0 Å². The van der Waals surface area contributed by atoms with E-state index in [-0.39, 0.29) is 31.8 Å². The minimum Gasteiger partial charge on any atom is -0.481 e. The normalized spacial score (nSPS) is 17.1. The quantitative estimate of drug-likeness (QED) is 0.735. The summed E-state index contributed by atoms with van der Waals surface area (Å²) in [6, 6.07) is 5.30. The van der Waals surface area contributed by atoms with Crippen LogP contribution in [0.15, 0.2) is 18.2 Å². The third-order valence-electron chi connectivity index (χ3n) is 4.42. The van der Waals surface area contributed by atoms with Crippen LogP contribution in [0, 0.1) is 17.8 Å². The van der Waals surface area contributed by atoms with Crippen molar-refractivity contribution >= 4 is 15.9 Å². The van der Waals surface area contributed by atoms with Crippen LogP contribution in [-0.4, -0.2) is 57.9 Å². The Kier molecular flexibility index (Phi) is 6.08. The van der Waals surface area contributed by atoms with Gasteiger partial charge in [0.25, 0.3) is 0 Å². The topological polar surface area (TPSA) is 94.2 Å². The van der Waals surface area contributed by atoms with Crippen LogP contribution < -0.4 is 19.5 Å². The molecule has 8 nitrogen and oxygen atoms in total. The molecular formula is C18H22N2O6S. The molecule has 0 spiro atoms. The number of rotatable bonds is 5. The van der Waals surface area contributed by atoms with Crippen LogP contribution in [0.2, 0.25) is 0 Å². The average molecular weight is 394 g/mol. The van der Waals surface area contributed by atoms with Gasteiger partial charge < -0.3 is 19.5 Å². The van der Waals surface area contributed by atoms with E-state index in [1.54, 1.807) is 18.2 Å². The summed E-state index contributed by atoms with van der Waals surface area (Å²) in [4.78, 5) is 12.1. The summed E-state index contributed by atoms with van der Waals surface area (Å²) in [5.41, 5.74) is 0. The van der Waals surface area contributed by atoms with E-state index in [2.05, 4.69) is 17.2 Å². The highest BCUT2D eigenvalue weighted by atomic mass is 32.2. The van der Waals surface area contributed by atoms with Crippen molar-refractivity contribution in [2.45, 2.75) is 12.8 Å². The number of fused-ring (bicyclic) bond motifs is 1. The molecule has 1 fully saturated rings. The Labute approximate surface area is 158 Å². The van der Waals surface area contributed by atoms with Crippen molar-refractivity contribution < 1.29 is 27.4 Å². The molecule has 0 bridgehead atoms. The lowest BCUT2D eigenvalue weighted by atomic mass is 9.97. The first-order valence-electron chi connectivity index (χ1n) is 8.64.